The molecule has 23 heavy (non-hydrogen) atoms. The summed E-state index contributed by atoms with van der Waals surface area (Å²) in [4.78, 5) is 29.3. The van der Waals surface area contributed by atoms with Crippen molar-refractivity contribution >= 4 is 16.9 Å². The highest BCUT2D eigenvalue weighted by Crippen LogP contribution is 2.28. The maximum atomic E-state index is 12.5. The smallest absolute Gasteiger partial charge is 0.270 e. The molecule has 0 spiro atoms. The highest BCUT2D eigenvalue weighted by atomic mass is 16.2. The van der Waals surface area contributed by atoms with Crippen molar-refractivity contribution < 1.29 is 6.22 Å². The van der Waals surface area contributed by atoms with Crippen LogP contribution in [0.5, 0.6) is 0 Å². The van der Waals surface area contributed by atoms with Crippen LogP contribution in [0.15, 0.2) is 24.8 Å². The largest absolute Gasteiger partial charge is 0.357 e. The monoisotopic (exact) mass is 313 g/mol. The predicted molar refractivity (Wildman–Crippen MR) is 92.4 cm³/mol. The minimum absolute atomic E-state index is 0. The molecule has 0 atom stereocenters. The molecule has 122 valence electrons. The van der Waals surface area contributed by atoms with Crippen molar-refractivity contribution in [2.75, 3.05) is 13.1 Å². The van der Waals surface area contributed by atoms with Gasteiger partial charge in [0, 0.05) is 37.9 Å². The van der Waals surface area contributed by atoms with Crippen LogP contribution in [-0.2, 0) is 0 Å². The van der Waals surface area contributed by atoms with Gasteiger partial charge in [-0.25, -0.2) is 9.97 Å². The first-order valence-corrected chi connectivity index (χ1v) is 7.92. The third-order valence-corrected chi connectivity index (χ3v) is 4.02. The normalized spacial score (nSPS) is 11.1. The van der Waals surface area contributed by atoms with E-state index in [1.54, 1.807) is 0 Å². The first kappa shape index (κ1) is 15.3. The summed E-state index contributed by atoms with van der Waals surface area (Å²) in [5.41, 5.74) is 4.22. The van der Waals surface area contributed by atoms with Crippen LogP contribution >= 0.6 is 0 Å². The summed E-state index contributed by atoms with van der Waals surface area (Å²) < 4.78 is 0. The fourth-order valence-electron chi connectivity index (χ4n) is 2.83. The average molecular weight is 313 g/mol. The van der Waals surface area contributed by atoms with Crippen LogP contribution in [0.3, 0.4) is 0 Å². The summed E-state index contributed by atoms with van der Waals surface area (Å²) in [7, 11) is 0. The van der Waals surface area contributed by atoms with Crippen LogP contribution in [0.4, 0.5) is 0 Å². The van der Waals surface area contributed by atoms with Crippen molar-refractivity contribution in [3.05, 3.63) is 36.0 Å². The molecule has 3 rings (SSSR count). The van der Waals surface area contributed by atoms with E-state index in [1.807, 2.05) is 37.2 Å². The zero-order chi connectivity index (χ0) is 16.4. The molecule has 3 aromatic heterocycles. The average Bonchev–Trinajstić information content (AvgIpc) is 3.19. The number of H-pyrrole nitrogens is 2. The minimum atomic E-state index is 0. The van der Waals surface area contributed by atoms with Crippen molar-refractivity contribution in [3.63, 3.8) is 0 Å². The number of aryl methyl sites for hydroxylation is 1. The van der Waals surface area contributed by atoms with Crippen molar-refractivity contribution in [1.82, 2.24) is 24.8 Å². The van der Waals surface area contributed by atoms with E-state index in [2.05, 4.69) is 26.9 Å². The molecule has 0 aliphatic heterocycles. The number of hydrogen-bond donors (Lipinski definition) is 2. The molecule has 0 aliphatic rings. The van der Waals surface area contributed by atoms with Gasteiger partial charge >= 0.3 is 0 Å². The van der Waals surface area contributed by atoms with E-state index in [0.29, 0.717) is 12.2 Å². The minimum Gasteiger partial charge on any atom is -0.357 e. The number of hydrogen-bond acceptors (Lipinski definition) is 3. The van der Waals surface area contributed by atoms with Gasteiger partial charge in [-0.3, -0.25) is 4.79 Å². The van der Waals surface area contributed by atoms with Crippen LogP contribution in [0.2, 0.25) is 0 Å². The lowest BCUT2D eigenvalue weighted by molar-refractivity contribution is 0.0759. The molecule has 0 aliphatic carbocycles. The van der Waals surface area contributed by atoms with Gasteiger partial charge in [0.15, 0.2) is 0 Å². The third-order valence-electron chi connectivity index (χ3n) is 4.02. The van der Waals surface area contributed by atoms with Gasteiger partial charge < -0.3 is 14.9 Å². The SMILES string of the molecule is CCCN(CC)C(=O)c1cc(-c2ncnc3[nH]cc(C)c23)c[nH]1.[HH]. The summed E-state index contributed by atoms with van der Waals surface area (Å²) in [6.45, 7) is 7.55. The Morgan fingerprint density at radius 3 is 2.83 bits per heavy atom. The van der Waals surface area contributed by atoms with E-state index < -0.39 is 0 Å². The lowest BCUT2D eigenvalue weighted by atomic mass is 10.1. The zero-order valence-electron chi connectivity index (χ0n) is 13.7. The van der Waals surface area contributed by atoms with Gasteiger partial charge in [0.1, 0.15) is 17.7 Å². The second-order valence-electron chi connectivity index (χ2n) is 5.60. The Balaban J connectivity index is 0.00000208. The van der Waals surface area contributed by atoms with Crippen molar-refractivity contribution in [2.24, 2.45) is 0 Å². The van der Waals surface area contributed by atoms with E-state index in [0.717, 1.165) is 40.8 Å². The topological polar surface area (TPSA) is 77.7 Å². The molecule has 0 unspecified atom stereocenters. The number of nitrogens with one attached hydrogen (secondary N) is 2. The number of aromatic amines is 2. The number of carbonyl (C=O) groups excluding carboxylic acids is 1. The quantitative estimate of drug-likeness (QED) is 0.758. The molecule has 0 aromatic carbocycles. The molecule has 1 amide bonds. The van der Waals surface area contributed by atoms with Gasteiger partial charge in [-0.15, -0.1) is 0 Å². The highest BCUT2D eigenvalue weighted by Gasteiger charge is 2.17. The molecule has 3 heterocycles. The standard InChI is InChI=1S/C17H21N5O.H2/c1-4-6-22(5-2)17(23)13-7-12(9-18-13)15-14-11(3)8-19-16(14)21-10-20-15;/h7-10,18H,4-6H2,1-3H3,(H,19,20,21);1H. The first-order chi connectivity index (χ1) is 11.2. The highest BCUT2D eigenvalue weighted by molar-refractivity contribution is 5.97. The Labute approximate surface area is 136 Å². The van der Waals surface area contributed by atoms with Gasteiger partial charge in [0.25, 0.3) is 5.91 Å². The second-order valence-corrected chi connectivity index (χ2v) is 5.60. The van der Waals surface area contributed by atoms with Gasteiger partial charge in [0.05, 0.1) is 5.69 Å². The Bertz CT molecular complexity index is 838. The van der Waals surface area contributed by atoms with Gasteiger partial charge in [0.2, 0.25) is 0 Å². The van der Waals surface area contributed by atoms with Gasteiger partial charge in [-0.05, 0) is 31.9 Å². The molecule has 3 aromatic rings. The summed E-state index contributed by atoms with van der Waals surface area (Å²) in [6, 6.07) is 1.87. The van der Waals surface area contributed by atoms with Crippen molar-refractivity contribution in [1.29, 1.82) is 0 Å². The Kier molecular flexibility index (Phi) is 4.14. The Hall–Kier alpha value is -2.63. The zero-order valence-corrected chi connectivity index (χ0v) is 13.7. The predicted octanol–water partition coefficient (Wildman–Crippen LogP) is 3.38. The van der Waals surface area contributed by atoms with Crippen molar-refractivity contribution in [3.8, 4) is 11.3 Å². The molecule has 0 saturated heterocycles. The molecular weight excluding hydrogens is 290 g/mol. The molecule has 6 heteroatoms. The van der Waals surface area contributed by atoms with E-state index in [1.165, 1.54) is 6.33 Å². The number of nitrogens with zero attached hydrogens (tertiary/aromatic N) is 3. The maximum Gasteiger partial charge on any atom is 0.270 e. The fraction of sp³-hybridized carbons (Fsp3) is 0.353. The lowest BCUT2D eigenvalue weighted by Gasteiger charge is -2.18. The second kappa shape index (κ2) is 6.24. The summed E-state index contributed by atoms with van der Waals surface area (Å²) >= 11 is 0. The maximum absolute atomic E-state index is 12.5. The van der Waals surface area contributed by atoms with Crippen LogP contribution in [0, 0.1) is 6.92 Å². The van der Waals surface area contributed by atoms with E-state index in [9.17, 15) is 4.79 Å². The lowest BCUT2D eigenvalue weighted by Crippen LogP contribution is -2.31. The van der Waals surface area contributed by atoms with Crippen LogP contribution in [0.25, 0.3) is 22.3 Å². The molecule has 0 fully saturated rings. The number of carbonyl (C=O) groups is 1. The van der Waals surface area contributed by atoms with E-state index >= 15 is 0 Å². The van der Waals surface area contributed by atoms with Gasteiger partial charge in [-0.2, -0.15) is 0 Å². The molecule has 0 saturated carbocycles. The van der Waals surface area contributed by atoms with Crippen molar-refractivity contribution in [2.45, 2.75) is 27.2 Å². The molecule has 6 nitrogen and oxygen atoms in total. The molecule has 2 N–H and O–H groups in total. The fourth-order valence-corrected chi connectivity index (χ4v) is 2.83. The molecule has 0 radical (unpaired) electrons. The van der Waals surface area contributed by atoms with Crippen LogP contribution in [-0.4, -0.2) is 43.8 Å². The first-order valence-electron chi connectivity index (χ1n) is 7.92. The van der Waals surface area contributed by atoms with E-state index in [-0.39, 0.29) is 7.33 Å². The van der Waals surface area contributed by atoms with Crippen LogP contribution in [0.1, 0.15) is 37.7 Å². The number of rotatable bonds is 5. The Morgan fingerprint density at radius 1 is 1.26 bits per heavy atom. The van der Waals surface area contributed by atoms with Gasteiger partial charge in [-0.1, -0.05) is 6.92 Å². The number of fused-ring (bicyclic) bond motifs is 1. The number of aromatic nitrogens is 4. The number of amides is 1. The summed E-state index contributed by atoms with van der Waals surface area (Å²) in [5.74, 6) is 0.0247. The summed E-state index contributed by atoms with van der Waals surface area (Å²) in [6.07, 6.45) is 6.24. The summed E-state index contributed by atoms with van der Waals surface area (Å²) in [5, 5.41) is 0.992. The molecular formula is C17H23N5O. The molecule has 0 bridgehead atoms. The third kappa shape index (κ3) is 2.72. The van der Waals surface area contributed by atoms with Crippen LogP contribution < -0.4 is 0 Å². The Morgan fingerprint density at radius 2 is 2.09 bits per heavy atom. The van der Waals surface area contributed by atoms with E-state index in [4.69, 9.17) is 0 Å².